The minimum Gasteiger partial charge on any atom is -0.242 e. The van der Waals surface area contributed by atoms with Gasteiger partial charge in [0.1, 0.15) is 0 Å². The number of rotatable bonds is 2. The van der Waals surface area contributed by atoms with Gasteiger partial charge in [-0.05, 0) is 20.3 Å². The lowest BCUT2D eigenvalue weighted by atomic mass is 10.4. The van der Waals surface area contributed by atoms with Crippen molar-refractivity contribution in [1.29, 1.82) is 0 Å². The molecule has 0 aliphatic carbocycles. The summed E-state index contributed by atoms with van der Waals surface area (Å²) in [7, 11) is 0. The van der Waals surface area contributed by atoms with Crippen molar-refractivity contribution in [3.63, 3.8) is 0 Å². The molecule has 60 valence electrons. The molecule has 0 saturated carbocycles. The zero-order chi connectivity index (χ0) is 7.56. The van der Waals surface area contributed by atoms with Crippen molar-refractivity contribution < 1.29 is 0 Å². The van der Waals surface area contributed by atoms with Gasteiger partial charge in [-0.25, -0.2) is 10.0 Å². The first-order chi connectivity index (χ1) is 4.75. The van der Waals surface area contributed by atoms with Crippen LogP contribution in [-0.4, -0.2) is 35.7 Å². The molecule has 0 aromatic heterocycles. The van der Waals surface area contributed by atoms with E-state index in [1.54, 1.807) is 0 Å². The molecule has 0 aromatic rings. The van der Waals surface area contributed by atoms with Gasteiger partial charge < -0.3 is 0 Å². The summed E-state index contributed by atoms with van der Waals surface area (Å²) in [6, 6.07) is 0.683. The first-order valence-electron chi connectivity index (χ1n) is 4.27. The van der Waals surface area contributed by atoms with Gasteiger partial charge in [0, 0.05) is 25.7 Å². The molecule has 1 fully saturated rings. The summed E-state index contributed by atoms with van der Waals surface area (Å²) in [5.41, 5.74) is 0. The highest BCUT2D eigenvalue weighted by Gasteiger charge is 2.21. The van der Waals surface area contributed by atoms with Gasteiger partial charge in [-0.15, -0.1) is 0 Å². The third kappa shape index (κ3) is 1.50. The molecular formula is C8H18N2. The highest BCUT2D eigenvalue weighted by molar-refractivity contribution is 4.68. The Kier molecular flexibility index (Phi) is 2.69. The van der Waals surface area contributed by atoms with Crippen LogP contribution in [0.4, 0.5) is 0 Å². The summed E-state index contributed by atoms with van der Waals surface area (Å²) in [5, 5.41) is 4.89. The van der Waals surface area contributed by atoms with E-state index in [-0.39, 0.29) is 0 Å². The molecule has 0 spiro atoms. The molecule has 1 rings (SSSR count). The van der Waals surface area contributed by atoms with E-state index in [1.165, 1.54) is 19.5 Å². The van der Waals surface area contributed by atoms with Crippen LogP contribution in [-0.2, 0) is 0 Å². The van der Waals surface area contributed by atoms with E-state index in [4.69, 9.17) is 0 Å². The number of nitrogens with zero attached hydrogens (tertiary/aromatic N) is 2. The zero-order valence-corrected chi connectivity index (χ0v) is 7.30. The van der Waals surface area contributed by atoms with Gasteiger partial charge >= 0.3 is 0 Å². The Balaban J connectivity index is 2.42. The van der Waals surface area contributed by atoms with Crippen molar-refractivity contribution in [3.05, 3.63) is 0 Å². The highest BCUT2D eigenvalue weighted by atomic mass is 15.6. The van der Waals surface area contributed by atoms with Gasteiger partial charge in [0.25, 0.3) is 0 Å². The quantitative estimate of drug-likeness (QED) is 0.574. The molecule has 0 N–H and O–H groups in total. The Morgan fingerprint density at radius 2 is 2.00 bits per heavy atom. The van der Waals surface area contributed by atoms with E-state index in [2.05, 4.69) is 30.8 Å². The fourth-order valence-corrected chi connectivity index (χ4v) is 1.61. The van der Waals surface area contributed by atoms with Gasteiger partial charge in [-0.3, -0.25) is 0 Å². The fraction of sp³-hybridized carbons (Fsp3) is 1.00. The molecule has 2 heteroatoms. The summed E-state index contributed by atoms with van der Waals surface area (Å²) in [4.78, 5) is 0. The minimum atomic E-state index is 0.683. The molecule has 0 unspecified atom stereocenters. The number of hydrazine groups is 1. The standard InChI is InChI=1S/C8H18N2/c1-4-9-6-5-7-10(9)8(2)3/h8H,4-7H2,1-3H3. The first kappa shape index (κ1) is 8.02. The second kappa shape index (κ2) is 3.35. The summed E-state index contributed by atoms with van der Waals surface area (Å²) in [6.45, 7) is 10.4. The predicted molar refractivity (Wildman–Crippen MR) is 43.7 cm³/mol. The largest absolute Gasteiger partial charge is 0.242 e. The molecule has 0 radical (unpaired) electrons. The maximum absolute atomic E-state index is 2.46. The molecule has 0 aromatic carbocycles. The first-order valence-corrected chi connectivity index (χ1v) is 4.27. The maximum atomic E-state index is 2.46. The summed E-state index contributed by atoms with van der Waals surface area (Å²) < 4.78 is 0. The van der Waals surface area contributed by atoms with Crippen LogP contribution < -0.4 is 0 Å². The van der Waals surface area contributed by atoms with Gasteiger partial charge in [0.2, 0.25) is 0 Å². The SMILES string of the molecule is CCN1CCCN1C(C)C. The molecule has 10 heavy (non-hydrogen) atoms. The smallest absolute Gasteiger partial charge is 0.0189 e. The van der Waals surface area contributed by atoms with Gasteiger partial charge in [0.15, 0.2) is 0 Å². The van der Waals surface area contributed by atoms with Crippen LogP contribution in [0.25, 0.3) is 0 Å². The average molecular weight is 142 g/mol. The Bertz CT molecular complexity index is 101. The summed E-state index contributed by atoms with van der Waals surface area (Å²) >= 11 is 0. The number of hydrogen-bond donors (Lipinski definition) is 0. The normalized spacial score (nSPS) is 22.8. The van der Waals surface area contributed by atoms with Crippen LogP contribution in [0.2, 0.25) is 0 Å². The van der Waals surface area contributed by atoms with E-state index in [0.29, 0.717) is 6.04 Å². The van der Waals surface area contributed by atoms with Crippen molar-refractivity contribution in [3.8, 4) is 0 Å². The van der Waals surface area contributed by atoms with Gasteiger partial charge in [-0.2, -0.15) is 0 Å². The Morgan fingerprint density at radius 1 is 1.30 bits per heavy atom. The predicted octanol–water partition coefficient (Wildman–Crippen LogP) is 1.34. The van der Waals surface area contributed by atoms with E-state index in [0.717, 1.165) is 6.54 Å². The Morgan fingerprint density at radius 3 is 2.40 bits per heavy atom. The molecule has 2 nitrogen and oxygen atoms in total. The maximum Gasteiger partial charge on any atom is 0.0189 e. The average Bonchev–Trinajstić information content (AvgIpc) is 2.33. The molecule has 1 heterocycles. The third-order valence-electron chi connectivity index (χ3n) is 2.13. The van der Waals surface area contributed by atoms with Gasteiger partial charge in [0.05, 0.1) is 0 Å². The lowest BCUT2D eigenvalue weighted by Crippen LogP contribution is -2.40. The third-order valence-corrected chi connectivity index (χ3v) is 2.13. The topological polar surface area (TPSA) is 6.48 Å². The van der Waals surface area contributed by atoms with Crippen LogP contribution in [0.15, 0.2) is 0 Å². The Hall–Kier alpha value is -0.0800. The van der Waals surface area contributed by atoms with Crippen molar-refractivity contribution in [2.45, 2.75) is 33.2 Å². The van der Waals surface area contributed by atoms with Crippen LogP contribution in [0, 0.1) is 0 Å². The van der Waals surface area contributed by atoms with E-state index >= 15 is 0 Å². The lowest BCUT2D eigenvalue weighted by molar-refractivity contribution is 0.00346. The molecule has 1 aliphatic heterocycles. The Labute approximate surface area is 63.8 Å². The minimum absolute atomic E-state index is 0.683. The second-order valence-electron chi connectivity index (χ2n) is 3.16. The monoisotopic (exact) mass is 142 g/mol. The summed E-state index contributed by atoms with van der Waals surface area (Å²) in [6.07, 6.45) is 1.34. The zero-order valence-electron chi connectivity index (χ0n) is 7.30. The van der Waals surface area contributed by atoms with Crippen molar-refractivity contribution in [2.24, 2.45) is 0 Å². The fourth-order valence-electron chi connectivity index (χ4n) is 1.61. The molecule has 0 bridgehead atoms. The lowest BCUT2D eigenvalue weighted by Gasteiger charge is -2.30. The molecular weight excluding hydrogens is 124 g/mol. The number of hydrogen-bond acceptors (Lipinski definition) is 2. The molecule has 1 saturated heterocycles. The van der Waals surface area contributed by atoms with Gasteiger partial charge in [-0.1, -0.05) is 6.92 Å². The van der Waals surface area contributed by atoms with Crippen LogP contribution in [0.3, 0.4) is 0 Å². The second-order valence-corrected chi connectivity index (χ2v) is 3.16. The van der Waals surface area contributed by atoms with Crippen molar-refractivity contribution >= 4 is 0 Å². The summed E-state index contributed by atoms with van der Waals surface area (Å²) in [5.74, 6) is 0. The highest BCUT2D eigenvalue weighted by Crippen LogP contribution is 2.12. The van der Waals surface area contributed by atoms with E-state index < -0.39 is 0 Å². The van der Waals surface area contributed by atoms with Crippen LogP contribution in [0.5, 0.6) is 0 Å². The molecule has 1 aliphatic rings. The molecule has 0 amide bonds. The van der Waals surface area contributed by atoms with E-state index in [9.17, 15) is 0 Å². The van der Waals surface area contributed by atoms with E-state index in [1.807, 2.05) is 0 Å². The van der Waals surface area contributed by atoms with Crippen molar-refractivity contribution in [2.75, 3.05) is 19.6 Å². The van der Waals surface area contributed by atoms with Crippen LogP contribution >= 0.6 is 0 Å². The van der Waals surface area contributed by atoms with Crippen molar-refractivity contribution in [1.82, 2.24) is 10.0 Å². The molecule has 0 atom stereocenters. The van der Waals surface area contributed by atoms with Crippen LogP contribution in [0.1, 0.15) is 27.2 Å².